The molecular formula is C6H5NO2S. The van der Waals surface area contributed by atoms with Crippen LogP contribution in [0.5, 0.6) is 0 Å². The number of carboxylic acid groups (broad SMARTS) is 1. The number of aromatic nitrogens is 1. The highest BCUT2D eigenvalue weighted by molar-refractivity contribution is 7.07. The van der Waals surface area contributed by atoms with Crippen LogP contribution < -0.4 is 0 Å². The van der Waals surface area contributed by atoms with Crippen molar-refractivity contribution in [3.8, 4) is 0 Å². The maximum absolute atomic E-state index is 9.98. The highest BCUT2D eigenvalue weighted by Gasteiger charge is 1.88. The molecule has 0 atom stereocenters. The summed E-state index contributed by atoms with van der Waals surface area (Å²) in [4.78, 5) is 13.8. The van der Waals surface area contributed by atoms with Crippen molar-refractivity contribution in [2.45, 2.75) is 0 Å². The van der Waals surface area contributed by atoms with Gasteiger partial charge < -0.3 is 5.11 Å². The molecule has 10 heavy (non-hydrogen) atoms. The van der Waals surface area contributed by atoms with Crippen LogP contribution in [0.2, 0.25) is 0 Å². The molecule has 0 aliphatic heterocycles. The van der Waals surface area contributed by atoms with Gasteiger partial charge in [-0.25, -0.2) is 9.78 Å². The summed E-state index contributed by atoms with van der Waals surface area (Å²) in [5.41, 5.74) is 2.34. The lowest BCUT2D eigenvalue weighted by atomic mass is 10.4. The zero-order valence-electron chi connectivity index (χ0n) is 5.02. The summed E-state index contributed by atoms with van der Waals surface area (Å²) in [6, 6.07) is 0. The first kappa shape index (κ1) is 6.95. The lowest BCUT2D eigenvalue weighted by Crippen LogP contribution is -1.85. The van der Waals surface area contributed by atoms with E-state index in [9.17, 15) is 4.79 Å². The highest BCUT2D eigenvalue weighted by atomic mass is 32.1. The van der Waals surface area contributed by atoms with E-state index in [-0.39, 0.29) is 0 Å². The Labute approximate surface area is 61.7 Å². The normalized spacial score (nSPS) is 10.4. The zero-order valence-corrected chi connectivity index (χ0v) is 5.84. The number of carboxylic acids is 1. The molecule has 0 radical (unpaired) electrons. The van der Waals surface area contributed by atoms with E-state index in [1.807, 2.05) is 0 Å². The predicted molar refractivity (Wildman–Crippen MR) is 38.8 cm³/mol. The van der Waals surface area contributed by atoms with E-state index in [4.69, 9.17) is 5.11 Å². The van der Waals surface area contributed by atoms with Crippen molar-refractivity contribution in [3.05, 3.63) is 22.7 Å². The fraction of sp³-hybridized carbons (Fsp3) is 0. The first-order valence-corrected chi connectivity index (χ1v) is 3.52. The molecule has 0 aliphatic rings. The van der Waals surface area contributed by atoms with Crippen LogP contribution in [0.4, 0.5) is 0 Å². The molecule has 0 aromatic carbocycles. The van der Waals surface area contributed by atoms with Gasteiger partial charge in [0.05, 0.1) is 11.2 Å². The smallest absolute Gasteiger partial charge is 0.328 e. The third-order valence-corrected chi connectivity index (χ3v) is 1.45. The minimum Gasteiger partial charge on any atom is -0.478 e. The molecule has 0 amide bonds. The largest absolute Gasteiger partial charge is 0.478 e. The van der Waals surface area contributed by atoms with E-state index in [1.54, 1.807) is 10.9 Å². The first-order chi connectivity index (χ1) is 4.79. The topological polar surface area (TPSA) is 50.2 Å². The van der Waals surface area contributed by atoms with Gasteiger partial charge in [-0.05, 0) is 6.08 Å². The molecule has 0 saturated carbocycles. The quantitative estimate of drug-likeness (QED) is 0.654. The summed E-state index contributed by atoms with van der Waals surface area (Å²) in [5, 5.41) is 9.98. The molecule has 1 N–H and O–H groups in total. The van der Waals surface area contributed by atoms with Gasteiger partial charge >= 0.3 is 5.97 Å². The zero-order chi connectivity index (χ0) is 7.40. The first-order valence-electron chi connectivity index (χ1n) is 2.58. The predicted octanol–water partition coefficient (Wildman–Crippen LogP) is 1.24. The maximum Gasteiger partial charge on any atom is 0.328 e. The van der Waals surface area contributed by atoms with Crippen molar-refractivity contribution in [3.63, 3.8) is 0 Å². The molecule has 1 aromatic heterocycles. The number of aliphatic carboxylic acids is 1. The second-order valence-electron chi connectivity index (χ2n) is 1.58. The molecule has 0 saturated heterocycles. The van der Waals surface area contributed by atoms with Crippen LogP contribution in [-0.4, -0.2) is 16.1 Å². The van der Waals surface area contributed by atoms with Crippen molar-refractivity contribution < 1.29 is 9.90 Å². The Morgan fingerprint density at radius 2 is 2.60 bits per heavy atom. The molecular weight excluding hydrogens is 150 g/mol. The number of rotatable bonds is 2. The second kappa shape index (κ2) is 3.12. The molecule has 0 unspecified atom stereocenters. The molecule has 0 fully saturated rings. The number of thiazole rings is 1. The van der Waals surface area contributed by atoms with E-state index in [0.29, 0.717) is 5.69 Å². The van der Waals surface area contributed by atoms with Crippen LogP contribution in [0.15, 0.2) is 17.0 Å². The number of carbonyl (C=O) groups is 1. The summed E-state index contributed by atoms with van der Waals surface area (Å²) in [5.74, 6) is -0.951. The van der Waals surface area contributed by atoms with Gasteiger partial charge in [-0.3, -0.25) is 0 Å². The van der Waals surface area contributed by atoms with Crippen LogP contribution in [0, 0.1) is 0 Å². The van der Waals surface area contributed by atoms with Crippen molar-refractivity contribution in [2.24, 2.45) is 0 Å². The Kier molecular flexibility index (Phi) is 2.17. The lowest BCUT2D eigenvalue weighted by molar-refractivity contribution is -0.131. The van der Waals surface area contributed by atoms with E-state index < -0.39 is 5.97 Å². The second-order valence-corrected chi connectivity index (χ2v) is 2.30. The van der Waals surface area contributed by atoms with Crippen molar-refractivity contribution >= 4 is 23.4 Å². The molecule has 1 rings (SSSR count). The van der Waals surface area contributed by atoms with E-state index >= 15 is 0 Å². The van der Waals surface area contributed by atoms with Crippen molar-refractivity contribution in [1.29, 1.82) is 0 Å². The van der Waals surface area contributed by atoms with Crippen molar-refractivity contribution in [2.75, 3.05) is 0 Å². The van der Waals surface area contributed by atoms with Gasteiger partial charge in [0.15, 0.2) is 0 Å². The van der Waals surface area contributed by atoms with Crippen molar-refractivity contribution in [1.82, 2.24) is 4.98 Å². The van der Waals surface area contributed by atoms with Gasteiger partial charge in [-0.15, -0.1) is 11.3 Å². The minimum atomic E-state index is -0.951. The Hall–Kier alpha value is -1.16. The third-order valence-electron chi connectivity index (χ3n) is 0.848. The van der Waals surface area contributed by atoms with E-state index in [0.717, 1.165) is 6.08 Å². The minimum absolute atomic E-state index is 0.687. The molecule has 1 aromatic rings. The van der Waals surface area contributed by atoms with Crippen LogP contribution in [0.25, 0.3) is 6.08 Å². The van der Waals surface area contributed by atoms with E-state index in [2.05, 4.69) is 4.98 Å². The molecule has 4 heteroatoms. The molecule has 0 bridgehead atoms. The molecule has 1 heterocycles. The van der Waals surface area contributed by atoms with Crippen LogP contribution >= 0.6 is 11.3 Å². The van der Waals surface area contributed by atoms with Gasteiger partial charge in [0, 0.05) is 11.5 Å². The van der Waals surface area contributed by atoms with Crippen LogP contribution in [0.1, 0.15) is 5.69 Å². The van der Waals surface area contributed by atoms with Gasteiger partial charge in [0.2, 0.25) is 0 Å². The average molecular weight is 155 g/mol. The lowest BCUT2D eigenvalue weighted by Gasteiger charge is -1.77. The highest BCUT2D eigenvalue weighted by Crippen LogP contribution is 2.01. The van der Waals surface area contributed by atoms with Gasteiger partial charge in [0.25, 0.3) is 0 Å². The van der Waals surface area contributed by atoms with Crippen LogP contribution in [-0.2, 0) is 4.79 Å². The SMILES string of the molecule is O=C(O)/C=C\c1cscn1. The Balaban J connectivity index is 2.64. The number of hydrogen-bond donors (Lipinski definition) is 1. The fourth-order valence-electron chi connectivity index (χ4n) is 0.461. The molecule has 3 nitrogen and oxygen atoms in total. The average Bonchev–Trinajstić information content (AvgIpc) is 2.34. The molecule has 52 valence electrons. The fourth-order valence-corrected chi connectivity index (χ4v) is 0.983. The summed E-state index contributed by atoms with van der Waals surface area (Å²) >= 11 is 1.44. The Morgan fingerprint density at radius 3 is 3.10 bits per heavy atom. The maximum atomic E-state index is 9.98. The van der Waals surface area contributed by atoms with Crippen LogP contribution in [0.3, 0.4) is 0 Å². The summed E-state index contributed by atoms with van der Waals surface area (Å²) in [7, 11) is 0. The Morgan fingerprint density at radius 1 is 1.80 bits per heavy atom. The number of hydrogen-bond acceptors (Lipinski definition) is 3. The standard InChI is InChI=1S/C6H5NO2S/c8-6(9)2-1-5-3-10-4-7-5/h1-4H,(H,8,9)/b2-1-. The monoisotopic (exact) mass is 155 g/mol. The summed E-state index contributed by atoms with van der Waals surface area (Å²) in [6.45, 7) is 0. The Bertz CT molecular complexity index is 240. The van der Waals surface area contributed by atoms with E-state index in [1.165, 1.54) is 17.4 Å². The number of nitrogens with zero attached hydrogens (tertiary/aromatic N) is 1. The third kappa shape index (κ3) is 1.99. The summed E-state index contributed by atoms with van der Waals surface area (Å²) in [6.07, 6.45) is 2.52. The molecule has 0 spiro atoms. The van der Waals surface area contributed by atoms with Gasteiger partial charge in [-0.2, -0.15) is 0 Å². The summed E-state index contributed by atoms with van der Waals surface area (Å²) < 4.78 is 0. The van der Waals surface area contributed by atoms with Gasteiger partial charge in [0.1, 0.15) is 0 Å². The van der Waals surface area contributed by atoms with Gasteiger partial charge in [-0.1, -0.05) is 0 Å². The molecule has 0 aliphatic carbocycles.